The normalized spacial score (nSPS) is 11.7. The standard InChI is InChI=1S/C20H22ClNO4/c1-3-25-19(23)17(20(24)26-4-2)18(14-9-6-5-7-10-14)22-16-12-8-11-15(21)13-16/h5-13,17-18,22H,3-4H2,1-2H3. The van der Waals surface area contributed by atoms with E-state index < -0.39 is 23.9 Å². The molecule has 0 radical (unpaired) electrons. The van der Waals surface area contributed by atoms with E-state index in [2.05, 4.69) is 5.32 Å². The van der Waals surface area contributed by atoms with Crippen molar-refractivity contribution in [3.63, 3.8) is 0 Å². The molecule has 0 amide bonds. The zero-order valence-corrected chi connectivity index (χ0v) is 15.5. The van der Waals surface area contributed by atoms with Gasteiger partial charge in [-0.15, -0.1) is 0 Å². The molecule has 0 bridgehead atoms. The van der Waals surface area contributed by atoms with E-state index in [0.29, 0.717) is 10.7 Å². The van der Waals surface area contributed by atoms with Crippen LogP contribution in [0, 0.1) is 5.92 Å². The molecule has 0 saturated carbocycles. The van der Waals surface area contributed by atoms with Crippen molar-refractivity contribution >= 4 is 29.2 Å². The quantitative estimate of drug-likeness (QED) is 0.552. The first-order chi connectivity index (χ1) is 12.6. The highest BCUT2D eigenvalue weighted by atomic mass is 35.5. The van der Waals surface area contributed by atoms with Gasteiger partial charge in [-0.1, -0.05) is 48.0 Å². The van der Waals surface area contributed by atoms with Crippen LogP contribution in [0.1, 0.15) is 25.5 Å². The summed E-state index contributed by atoms with van der Waals surface area (Å²) < 4.78 is 10.3. The first kappa shape index (κ1) is 19.8. The summed E-state index contributed by atoms with van der Waals surface area (Å²) in [7, 11) is 0. The molecule has 5 nitrogen and oxygen atoms in total. The van der Waals surface area contributed by atoms with Crippen LogP contribution in [0.25, 0.3) is 0 Å². The highest BCUT2D eigenvalue weighted by Crippen LogP contribution is 2.30. The van der Waals surface area contributed by atoms with Crippen molar-refractivity contribution in [2.75, 3.05) is 18.5 Å². The SMILES string of the molecule is CCOC(=O)C(C(=O)OCC)C(Nc1cccc(Cl)c1)c1ccccc1. The van der Waals surface area contributed by atoms with Crippen LogP contribution in [-0.4, -0.2) is 25.2 Å². The molecule has 0 spiro atoms. The second-order valence-corrected chi connectivity index (χ2v) is 5.96. The second kappa shape index (κ2) is 9.82. The third kappa shape index (κ3) is 5.23. The van der Waals surface area contributed by atoms with Crippen LogP contribution in [0.2, 0.25) is 5.02 Å². The van der Waals surface area contributed by atoms with Crippen LogP contribution in [0.5, 0.6) is 0 Å². The van der Waals surface area contributed by atoms with E-state index in [-0.39, 0.29) is 13.2 Å². The van der Waals surface area contributed by atoms with E-state index in [0.717, 1.165) is 5.56 Å². The maximum atomic E-state index is 12.5. The first-order valence-corrected chi connectivity index (χ1v) is 8.85. The summed E-state index contributed by atoms with van der Waals surface area (Å²) in [5.74, 6) is -2.40. The van der Waals surface area contributed by atoms with Crippen LogP contribution >= 0.6 is 11.6 Å². The molecule has 0 aliphatic carbocycles. The molecule has 138 valence electrons. The molecular weight excluding hydrogens is 354 g/mol. The maximum absolute atomic E-state index is 12.5. The molecule has 0 aliphatic rings. The lowest BCUT2D eigenvalue weighted by atomic mass is 9.92. The summed E-state index contributed by atoms with van der Waals surface area (Å²) in [6.45, 7) is 3.74. The van der Waals surface area contributed by atoms with E-state index in [1.807, 2.05) is 36.4 Å². The molecular formula is C20H22ClNO4. The van der Waals surface area contributed by atoms with Crippen molar-refractivity contribution in [2.24, 2.45) is 5.92 Å². The summed E-state index contributed by atoms with van der Waals surface area (Å²) in [5.41, 5.74) is 1.45. The number of ether oxygens (including phenoxy) is 2. The molecule has 2 aromatic rings. The number of hydrogen-bond donors (Lipinski definition) is 1. The minimum Gasteiger partial charge on any atom is -0.465 e. The van der Waals surface area contributed by atoms with Gasteiger partial charge >= 0.3 is 11.9 Å². The Kier molecular flexibility index (Phi) is 7.48. The van der Waals surface area contributed by atoms with Gasteiger partial charge in [-0.3, -0.25) is 9.59 Å². The Hall–Kier alpha value is -2.53. The van der Waals surface area contributed by atoms with E-state index in [1.165, 1.54) is 0 Å². The third-order valence-corrected chi connectivity index (χ3v) is 3.95. The van der Waals surface area contributed by atoms with E-state index in [9.17, 15) is 9.59 Å². The Bertz CT molecular complexity index is 718. The summed E-state index contributed by atoms with van der Waals surface area (Å²) in [4.78, 5) is 25.1. The predicted molar refractivity (Wildman–Crippen MR) is 101 cm³/mol. The van der Waals surface area contributed by atoms with Gasteiger partial charge in [0, 0.05) is 10.7 Å². The van der Waals surface area contributed by atoms with Gasteiger partial charge in [0.2, 0.25) is 0 Å². The number of carbonyl (C=O) groups is 2. The highest BCUT2D eigenvalue weighted by molar-refractivity contribution is 6.30. The van der Waals surface area contributed by atoms with E-state index in [1.54, 1.807) is 32.0 Å². The molecule has 0 saturated heterocycles. The molecule has 2 aromatic carbocycles. The summed E-state index contributed by atoms with van der Waals surface area (Å²) >= 11 is 6.06. The average Bonchev–Trinajstić information content (AvgIpc) is 2.62. The smallest absolute Gasteiger partial charge is 0.322 e. The molecule has 1 N–H and O–H groups in total. The van der Waals surface area contributed by atoms with E-state index in [4.69, 9.17) is 21.1 Å². The van der Waals surface area contributed by atoms with Gasteiger partial charge in [-0.05, 0) is 37.6 Å². The fraction of sp³-hybridized carbons (Fsp3) is 0.300. The van der Waals surface area contributed by atoms with Crippen molar-refractivity contribution in [3.05, 3.63) is 65.2 Å². The first-order valence-electron chi connectivity index (χ1n) is 8.47. The van der Waals surface area contributed by atoms with Crippen molar-refractivity contribution in [1.82, 2.24) is 0 Å². The number of benzene rings is 2. The van der Waals surface area contributed by atoms with Gasteiger partial charge in [0.05, 0.1) is 19.3 Å². The Labute approximate surface area is 158 Å². The van der Waals surface area contributed by atoms with Crippen molar-refractivity contribution in [3.8, 4) is 0 Å². The van der Waals surface area contributed by atoms with Crippen LogP contribution in [0.3, 0.4) is 0 Å². The number of carbonyl (C=O) groups excluding carboxylic acids is 2. The van der Waals surface area contributed by atoms with Gasteiger partial charge in [0.1, 0.15) is 0 Å². The Balaban J connectivity index is 2.44. The lowest BCUT2D eigenvalue weighted by Gasteiger charge is -2.26. The van der Waals surface area contributed by atoms with Crippen molar-refractivity contribution in [1.29, 1.82) is 0 Å². The van der Waals surface area contributed by atoms with Crippen LogP contribution < -0.4 is 5.32 Å². The molecule has 6 heteroatoms. The van der Waals surface area contributed by atoms with Gasteiger partial charge in [0.25, 0.3) is 0 Å². The monoisotopic (exact) mass is 375 g/mol. The highest BCUT2D eigenvalue weighted by Gasteiger charge is 2.38. The molecule has 0 aromatic heterocycles. The Morgan fingerprint density at radius 2 is 1.58 bits per heavy atom. The van der Waals surface area contributed by atoms with Crippen molar-refractivity contribution < 1.29 is 19.1 Å². The lowest BCUT2D eigenvalue weighted by Crippen LogP contribution is -2.36. The zero-order valence-electron chi connectivity index (χ0n) is 14.8. The van der Waals surface area contributed by atoms with Gasteiger partial charge in [-0.25, -0.2) is 0 Å². The Morgan fingerprint density at radius 1 is 0.962 bits per heavy atom. The molecule has 0 aliphatic heterocycles. The Morgan fingerprint density at radius 3 is 2.12 bits per heavy atom. The van der Waals surface area contributed by atoms with Gasteiger partial charge in [0.15, 0.2) is 5.92 Å². The van der Waals surface area contributed by atoms with E-state index >= 15 is 0 Å². The minimum absolute atomic E-state index is 0.174. The molecule has 1 atom stereocenters. The fourth-order valence-electron chi connectivity index (χ4n) is 2.61. The molecule has 26 heavy (non-hydrogen) atoms. The maximum Gasteiger partial charge on any atom is 0.322 e. The zero-order chi connectivity index (χ0) is 18.9. The largest absolute Gasteiger partial charge is 0.465 e. The number of esters is 2. The fourth-order valence-corrected chi connectivity index (χ4v) is 2.80. The molecule has 0 heterocycles. The van der Waals surface area contributed by atoms with Gasteiger partial charge in [-0.2, -0.15) is 0 Å². The lowest BCUT2D eigenvalue weighted by molar-refractivity contribution is -0.162. The predicted octanol–water partition coefficient (Wildman–Crippen LogP) is 4.24. The minimum atomic E-state index is -1.14. The topological polar surface area (TPSA) is 64.6 Å². The van der Waals surface area contributed by atoms with Crippen LogP contribution in [0.15, 0.2) is 54.6 Å². The molecule has 0 fully saturated rings. The van der Waals surface area contributed by atoms with Crippen LogP contribution in [-0.2, 0) is 19.1 Å². The van der Waals surface area contributed by atoms with Gasteiger partial charge < -0.3 is 14.8 Å². The molecule has 2 rings (SSSR count). The number of anilines is 1. The second-order valence-electron chi connectivity index (χ2n) is 5.52. The van der Waals surface area contributed by atoms with Crippen molar-refractivity contribution in [2.45, 2.75) is 19.9 Å². The number of hydrogen-bond acceptors (Lipinski definition) is 5. The number of halogens is 1. The summed E-state index contributed by atoms with van der Waals surface area (Å²) in [6, 6.07) is 15.7. The average molecular weight is 376 g/mol. The third-order valence-electron chi connectivity index (χ3n) is 3.72. The summed E-state index contributed by atoms with van der Waals surface area (Å²) in [6.07, 6.45) is 0. The number of rotatable bonds is 8. The number of nitrogens with one attached hydrogen (secondary N) is 1. The molecule has 1 unspecified atom stereocenters. The summed E-state index contributed by atoms with van der Waals surface area (Å²) in [5, 5.41) is 3.78. The van der Waals surface area contributed by atoms with Crippen LogP contribution in [0.4, 0.5) is 5.69 Å².